The molecule has 0 aromatic heterocycles. The van der Waals surface area contributed by atoms with E-state index >= 15 is 0 Å². The van der Waals surface area contributed by atoms with Crippen LogP contribution >= 0.6 is 0 Å². The first-order valence-corrected chi connectivity index (χ1v) is 9.20. The zero-order valence-corrected chi connectivity index (χ0v) is 13.2. The summed E-state index contributed by atoms with van der Waals surface area (Å²) in [7, 11) is -1.05. The molecule has 0 spiro atoms. The van der Waals surface area contributed by atoms with Crippen LogP contribution in [0.15, 0.2) is 0 Å². The molecule has 1 saturated carbocycles. The van der Waals surface area contributed by atoms with Gasteiger partial charge in [-0.2, -0.15) is 0 Å². The van der Waals surface area contributed by atoms with E-state index in [1.165, 1.54) is 0 Å². The maximum atomic E-state index is 11.8. The Hall–Kier alpha value is -0.620. The van der Waals surface area contributed by atoms with Crippen molar-refractivity contribution in [2.45, 2.75) is 45.1 Å². The highest BCUT2D eigenvalue weighted by atomic mass is 32.2. The van der Waals surface area contributed by atoms with Gasteiger partial charge in [-0.1, -0.05) is 19.8 Å². The van der Waals surface area contributed by atoms with Crippen LogP contribution in [0.2, 0.25) is 0 Å². The monoisotopic (exact) mass is 303 g/mol. The predicted octanol–water partition coefficient (Wildman–Crippen LogP) is 1.39. The van der Waals surface area contributed by atoms with Crippen molar-refractivity contribution in [3.8, 4) is 0 Å². The van der Waals surface area contributed by atoms with E-state index in [2.05, 4.69) is 6.92 Å². The summed E-state index contributed by atoms with van der Waals surface area (Å²) in [5.41, 5.74) is -0.696. The number of carbonyl (C=O) groups is 1. The van der Waals surface area contributed by atoms with E-state index in [1.54, 1.807) is 0 Å². The van der Waals surface area contributed by atoms with E-state index < -0.39 is 21.2 Å². The number of aliphatic carboxylic acids is 1. The molecule has 1 saturated heterocycles. The summed E-state index contributed by atoms with van der Waals surface area (Å²) in [4.78, 5) is 13.7. The molecular weight excluding hydrogens is 278 g/mol. The lowest BCUT2D eigenvalue weighted by atomic mass is 9.69. The minimum atomic E-state index is -2.92. The fourth-order valence-corrected chi connectivity index (χ4v) is 5.60. The van der Waals surface area contributed by atoms with Gasteiger partial charge in [0.1, 0.15) is 0 Å². The molecule has 2 aliphatic rings. The lowest BCUT2D eigenvalue weighted by Gasteiger charge is -2.40. The van der Waals surface area contributed by atoms with Gasteiger partial charge in [-0.15, -0.1) is 0 Å². The van der Waals surface area contributed by atoms with Crippen molar-refractivity contribution in [3.63, 3.8) is 0 Å². The number of nitrogens with zero attached hydrogens (tertiary/aromatic N) is 1. The minimum Gasteiger partial charge on any atom is -0.481 e. The van der Waals surface area contributed by atoms with Crippen molar-refractivity contribution in [2.24, 2.45) is 11.3 Å². The predicted molar refractivity (Wildman–Crippen MR) is 77.4 cm³/mol. The van der Waals surface area contributed by atoms with Gasteiger partial charge >= 0.3 is 5.97 Å². The molecule has 1 aliphatic heterocycles. The van der Waals surface area contributed by atoms with Crippen LogP contribution in [0.3, 0.4) is 0 Å². The van der Waals surface area contributed by atoms with Crippen LogP contribution < -0.4 is 0 Å². The maximum Gasteiger partial charge on any atom is 0.310 e. The highest BCUT2D eigenvalue weighted by Crippen LogP contribution is 2.40. The van der Waals surface area contributed by atoms with Crippen molar-refractivity contribution in [3.05, 3.63) is 0 Å². The summed E-state index contributed by atoms with van der Waals surface area (Å²) in [5, 5.41) is 9.66. The van der Waals surface area contributed by atoms with Crippen molar-refractivity contribution in [1.29, 1.82) is 0 Å². The average molecular weight is 303 g/mol. The van der Waals surface area contributed by atoms with Gasteiger partial charge in [0.25, 0.3) is 0 Å². The lowest BCUT2D eigenvalue weighted by molar-refractivity contribution is -0.153. The van der Waals surface area contributed by atoms with Crippen LogP contribution in [-0.4, -0.2) is 55.5 Å². The summed E-state index contributed by atoms with van der Waals surface area (Å²) in [5.74, 6) is 0.116. The molecule has 2 fully saturated rings. The molecule has 0 aromatic carbocycles. The van der Waals surface area contributed by atoms with E-state index in [4.69, 9.17) is 0 Å². The van der Waals surface area contributed by atoms with E-state index in [0.29, 0.717) is 31.7 Å². The largest absolute Gasteiger partial charge is 0.481 e. The Morgan fingerprint density at radius 1 is 1.40 bits per heavy atom. The summed E-state index contributed by atoms with van der Waals surface area (Å²) in [6.07, 6.45) is 4.08. The molecule has 1 heterocycles. The molecule has 3 atom stereocenters. The second-order valence-electron chi connectivity index (χ2n) is 6.76. The Bertz CT molecular complexity index is 476. The molecule has 116 valence electrons. The van der Waals surface area contributed by atoms with Crippen molar-refractivity contribution in [2.75, 3.05) is 25.1 Å². The van der Waals surface area contributed by atoms with E-state index in [1.807, 2.05) is 11.9 Å². The SMILES string of the molecule is CC1CCCC(CN(C)C2CCS(=O)(=O)C2)(C(=O)O)C1. The van der Waals surface area contributed by atoms with Gasteiger partial charge in [-0.3, -0.25) is 4.79 Å². The topological polar surface area (TPSA) is 74.7 Å². The summed E-state index contributed by atoms with van der Waals surface area (Å²) in [6, 6.07) is -0.0199. The number of rotatable bonds is 4. The highest BCUT2D eigenvalue weighted by molar-refractivity contribution is 7.91. The number of sulfone groups is 1. The molecule has 1 N–H and O–H groups in total. The van der Waals surface area contributed by atoms with Gasteiger partial charge in [-0.05, 0) is 32.2 Å². The van der Waals surface area contributed by atoms with Crippen LogP contribution in [0.5, 0.6) is 0 Å². The van der Waals surface area contributed by atoms with Crippen LogP contribution in [-0.2, 0) is 14.6 Å². The summed E-state index contributed by atoms with van der Waals surface area (Å²) in [6.45, 7) is 2.57. The van der Waals surface area contributed by atoms with Gasteiger partial charge in [0, 0.05) is 12.6 Å². The Kier molecular flexibility index (Phi) is 4.44. The lowest BCUT2D eigenvalue weighted by Crippen LogP contribution is -2.48. The zero-order chi connectivity index (χ0) is 15.0. The number of carboxylic acid groups (broad SMARTS) is 1. The fourth-order valence-electron chi connectivity index (χ4n) is 3.80. The van der Waals surface area contributed by atoms with Gasteiger partial charge in [0.2, 0.25) is 0 Å². The molecule has 0 aromatic rings. The third-order valence-electron chi connectivity index (χ3n) is 4.93. The molecule has 6 heteroatoms. The first kappa shape index (κ1) is 15.8. The van der Waals surface area contributed by atoms with Gasteiger partial charge in [0.05, 0.1) is 16.9 Å². The first-order valence-electron chi connectivity index (χ1n) is 7.38. The summed E-state index contributed by atoms with van der Waals surface area (Å²) < 4.78 is 23.1. The molecule has 1 aliphatic carbocycles. The second-order valence-corrected chi connectivity index (χ2v) is 8.99. The van der Waals surface area contributed by atoms with Crippen LogP contribution in [0.4, 0.5) is 0 Å². The standard InChI is InChI=1S/C14H25NO4S/c1-11-4-3-6-14(8-11,13(16)17)10-15(2)12-5-7-20(18,19)9-12/h11-12H,3-10H2,1-2H3,(H,16,17). The Labute approximate surface area is 121 Å². The minimum absolute atomic E-state index is 0.0199. The molecule has 3 unspecified atom stereocenters. The number of hydrogen-bond acceptors (Lipinski definition) is 4. The Morgan fingerprint density at radius 3 is 2.60 bits per heavy atom. The van der Waals surface area contributed by atoms with Gasteiger partial charge in [0.15, 0.2) is 9.84 Å². The summed E-state index contributed by atoms with van der Waals surface area (Å²) >= 11 is 0. The van der Waals surface area contributed by atoms with Gasteiger partial charge in [-0.25, -0.2) is 8.42 Å². The normalized spacial score (nSPS) is 37.1. The van der Waals surface area contributed by atoms with Crippen molar-refractivity contribution >= 4 is 15.8 Å². The molecule has 0 radical (unpaired) electrons. The van der Waals surface area contributed by atoms with Crippen molar-refractivity contribution in [1.82, 2.24) is 4.90 Å². The van der Waals surface area contributed by atoms with Gasteiger partial charge < -0.3 is 10.0 Å². The average Bonchev–Trinajstić information content (AvgIpc) is 2.69. The number of hydrogen-bond donors (Lipinski definition) is 1. The Morgan fingerprint density at radius 2 is 2.10 bits per heavy atom. The molecular formula is C14H25NO4S. The molecule has 0 bridgehead atoms. The zero-order valence-electron chi connectivity index (χ0n) is 12.3. The third kappa shape index (κ3) is 3.34. The number of carboxylic acids is 1. The first-order chi connectivity index (χ1) is 9.24. The van der Waals surface area contributed by atoms with E-state index in [9.17, 15) is 18.3 Å². The van der Waals surface area contributed by atoms with E-state index in [-0.39, 0.29) is 17.5 Å². The third-order valence-corrected chi connectivity index (χ3v) is 6.68. The Balaban J connectivity index is 2.07. The van der Waals surface area contributed by atoms with Crippen molar-refractivity contribution < 1.29 is 18.3 Å². The highest BCUT2D eigenvalue weighted by Gasteiger charge is 2.44. The van der Waals surface area contributed by atoms with Crippen LogP contribution in [0.25, 0.3) is 0 Å². The molecule has 2 rings (SSSR count). The second kappa shape index (κ2) is 5.64. The molecule has 0 amide bonds. The quantitative estimate of drug-likeness (QED) is 0.849. The van der Waals surface area contributed by atoms with Crippen LogP contribution in [0.1, 0.15) is 39.0 Å². The smallest absolute Gasteiger partial charge is 0.310 e. The molecule has 5 nitrogen and oxygen atoms in total. The maximum absolute atomic E-state index is 11.8. The fraction of sp³-hybridized carbons (Fsp3) is 0.929. The van der Waals surface area contributed by atoms with Crippen LogP contribution in [0, 0.1) is 11.3 Å². The van der Waals surface area contributed by atoms with E-state index in [0.717, 1.165) is 12.8 Å². The molecule has 20 heavy (non-hydrogen) atoms.